The molecular weight excluding hydrogens is 196 g/mol. The Morgan fingerprint density at radius 1 is 0.875 bits per heavy atom. The summed E-state index contributed by atoms with van der Waals surface area (Å²) in [5, 5.41) is 7.67. The molecule has 2 N–H and O–H groups in total. The number of rotatable bonds is 6. The van der Waals surface area contributed by atoms with Crippen molar-refractivity contribution in [2.75, 3.05) is 0 Å². The number of nitrogens with one attached hydrogen (secondary N) is 2. The third-order valence-corrected chi connectivity index (χ3v) is 3.98. The Morgan fingerprint density at radius 2 is 1.31 bits per heavy atom. The molecule has 0 spiro atoms. The van der Waals surface area contributed by atoms with E-state index in [1.807, 2.05) is 0 Å². The van der Waals surface area contributed by atoms with Gasteiger partial charge in [0.2, 0.25) is 0 Å². The first-order chi connectivity index (χ1) is 7.62. The SMILES string of the molecule is CCC(C)NC1(NC(C)CC)CCCCC1. The summed E-state index contributed by atoms with van der Waals surface area (Å²) in [6.45, 7) is 9.12. The van der Waals surface area contributed by atoms with Crippen molar-refractivity contribution in [1.82, 2.24) is 10.6 Å². The quantitative estimate of drug-likeness (QED) is 0.678. The molecule has 0 bridgehead atoms. The van der Waals surface area contributed by atoms with Crippen LogP contribution in [0.3, 0.4) is 0 Å². The normalized spacial score (nSPS) is 24.0. The molecule has 1 saturated carbocycles. The van der Waals surface area contributed by atoms with Crippen molar-refractivity contribution in [3.63, 3.8) is 0 Å². The molecule has 0 aromatic heterocycles. The van der Waals surface area contributed by atoms with E-state index in [1.165, 1.54) is 44.9 Å². The zero-order chi connectivity index (χ0) is 12.0. The van der Waals surface area contributed by atoms with Crippen LogP contribution in [0.4, 0.5) is 0 Å². The van der Waals surface area contributed by atoms with Crippen LogP contribution in [0, 0.1) is 0 Å². The van der Waals surface area contributed by atoms with Crippen LogP contribution < -0.4 is 10.6 Å². The lowest BCUT2D eigenvalue weighted by Crippen LogP contribution is -2.62. The van der Waals surface area contributed by atoms with Gasteiger partial charge in [-0.1, -0.05) is 33.1 Å². The Balaban J connectivity index is 2.59. The Labute approximate surface area is 102 Å². The third-order valence-electron chi connectivity index (χ3n) is 3.98. The van der Waals surface area contributed by atoms with E-state index < -0.39 is 0 Å². The van der Waals surface area contributed by atoms with Gasteiger partial charge in [0.15, 0.2) is 0 Å². The first-order valence-corrected chi connectivity index (χ1v) is 7.17. The fraction of sp³-hybridized carbons (Fsp3) is 1.00. The molecule has 2 unspecified atom stereocenters. The van der Waals surface area contributed by atoms with Gasteiger partial charge in [0, 0.05) is 12.1 Å². The fourth-order valence-electron chi connectivity index (χ4n) is 2.63. The Kier molecular flexibility index (Phi) is 5.77. The van der Waals surface area contributed by atoms with Crippen molar-refractivity contribution < 1.29 is 0 Å². The van der Waals surface area contributed by atoms with Gasteiger partial charge < -0.3 is 0 Å². The lowest BCUT2D eigenvalue weighted by Gasteiger charge is -2.43. The van der Waals surface area contributed by atoms with Crippen LogP contribution >= 0.6 is 0 Å². The fourth-order valence-corrected chi connectivity index (χ4v) is 2.63. The highest BCUT2D eigenvalue weighted by Crippen LogP contribution is 2.27. The van der Waals surface area contributed by atoms with Crippen LogP contribution in [0.25, 0.3) is 0 Å². The van der Waals surface area contributed by atoms with E-state index in [-0.39, 0.29) is 5.66 Å². The summed E-state index contributed by atoms with van der Waals surface area (Å²) in [7, 11) is 0. The smallest absolute Gasteiger partial charge is 0.0691 e. The Bertz CT molecular complexity index is 171. The summed E-state index contributed by atoms with van der Waals surface area (Å²) >= 11 is 0. The maximum Gasteiger partial charge on any atom is 0.0691 e. The van der Waals surface area contributed by atoms with Gasteiger partial charge in [-0.2, -0.15) is 0 Å². The van der Waals surface area contributed by atoms with E-state index in [0.29, 0.717) is 12.1 Å². The van der Waals surface area contributed by atoms with E-state index in [2.05, 4.69) is 38.3 Å². The lowest BCUT2D eigenvalue weighted by atomic mass is 9.87. The van der Waals surface area contributed by atoms with Crippen LogP contribution in [0.15, 0.2) is 0 Å². The molecule has 0 heterocycles. The highest BCUT2D eigenvalue weighted by Gasteiger charge is 2.33. The van der Waals surface area contributed by atoms with Gasteiger partial charge in [-0.3, -0.25) is 10.6 Å². The summed E-state index contributed by atoms with van der Waals surface area (Å²) in [5.41, 5.74) is 0.225. The van der Waals surface area contributed by atoms with E-state index in [0.717, 1.165) is 0 Å². The minimum absolute atomic E-state index is 0.225. The minimum atomic E-state index is 0.225. The molecular formula is C14H30N2. The number of hydrogen-bond acceptors (Lipinski definition) is 2. The van der Waals surface area contributed by atoms with Crippen molar-refractivity contribution in [3.05, 3.63) is 0 Å². The van der Waals surface area contributed by atoms with E-state index >= 15 is 0 Å². The average molecular weight is 226 g/mol. The molecule has 1 aliphatic carbocycles. The molecule has 2 nitrogen and oxygen atoms in total. The molecule has 0 aromatic rings. The van der Waals surface area contributed by atoms with Crippen molar-refractivity contribution in [2.45, 2.75) is 90.4 Å². The molecule has 2 heteroatoms. The zero-order valence-electron chi connectivity index (χ0n) is 11.6. The summed E-state index contributed by atoms with van der Waals surface area (Å²) in [6, 6.07) is 1.24. The molecule has 1 fully saturated rings. The van der Waals surface area contributed by atoms with Crippen molar-refractivity contribution in [2.24, 2.45) is 0 Å². The summed E-state index contributed by atoms with van der Waals surface area (Å²) < 4.78 is 0. The van der Waals surface area contributed by atoms with Gasteiger partial charge >= 0.3 is 0 Å². The summed E-state index contributed by atoms with van der Waals surface area (Å²) in [5.74, 6) is 0. The minimum Gasteiger partial charge on any atom is -0.297 e. The van der Waals surface area contributed by atoms with Crippen molar-refractivity contribution in [1.29, 1.82) is 0 Å². The second kappa shape index (κ2) is 6.61. The van der Waals surface area contributed by atoms with E-state index in [4.69, 9.17) is 0 Å². The van der Waals surface area contributed by atoms with Gasteiger partial charge in [0.1, 0.15) is 0 Å². The van der Waals surface area contributed by atoms with Gasteiger partial charge in [-0.05, 0) is 39.5 Å². The second-order valence-corrected chi connectivity index (χ2v) is 5.55. The molecule has 1 rings (SSSR count). The Morgan fingerprint density at radius 3 is 1.69 bits per heavy atom. The predicted molar refractivity (Wildman–Crippen MR) is 71.6 cm³/mol. The monoisotopic (exact) mass is 226 g/mol. The largest absolute Gasteiger partial charge is 0.297 e. The Hall–Kier alpha value is -0.0800. The maximum absolute atomic E-state index is 3.84. The molecule has 0 radical (unpaired) electrons. The van der Waals surface area contributed by atoms with Crippen LogP contribution in [-0.2, 0) is 0 Å². The predicted octanol–water partition coefficient (Wildman–Crippen LogP) is 3.42. The van der Waals surface area contributed by atoms with Crippen LogP contribution in [0.1, 0.15) is 72.6 Å². The molecule has 0 saturated heterocycles. The molecule has 0 amide bonds. The van der Waals surface area contributed by atoms with Gasteiger partial charge in [-0.15, -0.1) is 0 Å². The van der Waals surface area contributed by atoms with E-state index in [9.17, 15) is 0 Å². The van der Waals surface area contributed by atoms with Crippen LogP contribution in [0.5, 0.6) is 0 Å². The topological polar surface area (TPSA) is 24.1 Å². The highest BCUT2D eigenvalue weighted by molar-refractivity contribution is 4.91. The molecule has 1 aliphatic rings. The zero-order valence-corrected chi connectivity index (χ0v) is 11.6. The molecule has 96 valence electrons. The summed E-state index contributed by atoms with van der Waals surface area (Å²) in [4.78, 5) is 0. The standard InChI is InChI=1S/C14H30N2/c1-5-12(3)15-14(16-13(4)6-2)10-8-7-9-11-14/h12-13,15-16H,5-11H2,1-4H3. The van der Waals surface area contributed by atoms with Gasteiger partial charge in [-0.25, -0.2) is 0 Å². The van der Waals surface area contributed by atoms with Crippen LogP contribution in [-0.4, -0.2) is 17.7 Å². The first kappa shape index (κ1) is 14.0. The van der Waals surface area contributed by atoms with E-state index in [1.54, 1.807) is 0 Å². The second-order valence-electron chi connectivity index (χ2n) is 5.55. The highest BCUT2D eigenvalue weighted by atomic mass is 15.2. The summed E-state index contributed by atoms with van der Waals surface area (Å²) in [6.07, 6.45) is 9.16. The number of hydrogen-bond donors (Lipinski definition) is 2. The lowest BCUT2D eigenvalue weighted by molar-refractivity contribution is 0.146. The van der Waals surface area contributed by atoms with Gasteiger partial charge in [0.05, 0.1) is 5.66 Å². The van der Waals surface area contributed by atoms with Crippen LogP contribution in [0.2, 0.25) is 0 Å². The van der Waals surface area contributed by atoms with Crippen molar-refractivity contribution >= 4 is 0 Å². The first-order valence-electron chi connectivity index (χ1n) is 7.17. The maximum atomic E-state index is 3.84. The third kappa shape index (κ3) is 4.06. The van der Waals surface area contributed by atoms with Gasteiger partial charge in [0.25, 0.3) is 0 Å². The molecule has 16 heavy (non-hydrogen) atoms. The molecule has 2 atom stereocenters. The van der Waals surface area contributed by atoms with Crippen molar-refractivity contribution in [3.8, 4) is 0 Å². The molecule has 0 aromatic carbocycles. The average Bonchev–Trinajstić information content (AvgIpc) is 2.29. The molecule has 0 aliphatic heterocycles.